The number of rotatable bonds is 9. The Hall–Kier alpha value is -0.350. The molecule has 0 rings (SSSR count). The van der Waals surface area contributed by atoms with Crippen LogP contribution < -0.4 is 5.32 Å². The van der Waals surface area contributed by atoms with Crippen molar-refractivity contribution in [3.05, 3.63) is 12.2 Å². The zero-order valence-corrected chi connectivity index (χ0v) is 11.5. The second-order valence-corrected chi connectivity index (χ2v) is 6.61. The van der Waals surface area contributed by atoms with Gasteiger partial charge in [0.05, 0.1) is 5.75 Å². The number of sulfone groups is 1. The van der Waals surface area contributed by atoms with E-state index in [1.165, 1.54) is 0 Å². The van der Waals surface area contributed by atoms with E-state index in [1.54, 1.807) is 0 Å². The number of nitrogens with one attached hydrogen (secondary N) is 1. The van der Waals surface area contributed by atoms with Gasteiger partial charge in [-0.25, -0.2) is 8.42 Å². The highest BCUT2D eigenvalue weighted by Gasteiger charge is 2.06. The molecule has 0 heterocycles. The van der Waals surface area contributed by atoms with Crippen LogP contribution in [0.25, 0.3) is 0 Å². The van der Waals surface area contributed by atoms with Gasteiger partial charge in [-0.15, -0.1) is 0 Å². The van der Waals surface area contributed by atoms with Crippen molar-refractivity contribution in [1.82, 2.24) is 5.32 Å². The summed E-state index contributed by atoms with van der Waals surface area (Å²) in [5, 5.41) is 3.30. The third kappa shape index (κ3) is 10.2. The molecule has 0 aromatic heterocycles. The number of hydrogen-bond donors (Lipinski definition) is 1. The lowest BCUT2D eigenvalue weighted by atomic mass is 10.3. The van der Waals surface area contributed by atoms with E-state index in [-0.39, 0.29) is 5.75 Å². The van der Waals surface area contributed by atoms with Crippen molar-refractivity contribution in [3.8, 4) is 0 Å². The summed E-state index contributed by atoms with van der Waals surface area (Å²) in [7, 11) is -2.80. The highest BCUT2D eigenvalue weighted by Crippen LogP contribution is 1.98. The first-order chi connectivity index (χ1) is 7.48. The fourth-order valence-corrected chi connectivity index (χ4v) is 2.67. The topological polar surface area (TPSA) is 46.2 Å². The molecule has 0 fully saturated rings. The largest absolute Gasteiger partial charge is 0.314 e. The van der Waals surface area contributed by atoms with Crippen LogP contribution in [0.15, 0.2) is 12.2 Å². The minimum Gasteiger partial charge on any atom is -0.314 e. The fourth-order valence-electron chi connectivity index (χ4n) is 1.35. The van der Waals surface area contributed by atoms with Gasteiger partial charge in [0.25, 0.3) is 0 Å². The van der Waals surface area contributed by atoms with Gasteiger partial charge in [-0.1, -0.05) is 32.9 Å². The predicted octanol–water partition coefficient (Wildman–Crippen LogP) is 2.15. The zero-order valence-electron chi connectivity index (χ0n) is 10.7. The van der Waals surface area contributed by atoms with E-state index in [1.807, 2.05) is 13.0 Å². The van der Waals surface area contributed by atoms with Crippen LogP contribution in [0.2, 0.25) is 0 Å². The molecule has 0 aliphatic carbocycles. The Labute approximate surface area is 100 Å². The van der Waals surface area contributed by atoms with Crippen molar-refractivity contribution in [3.63, 3.8) is 0 Å². The summed E-state index contributed by atoms with van der Waals surface area (Å²) in [6.45, 7) is 7.07. The van der Waals surface area contributed by atoms with E-state index < -0.39 is 9.84 Å². The highest BCUT2D eigenvalue weighted by atomic mass is 32.2. The van der Waals surface area contributed by atoms with Crippen LogP contribution in [0, 0.1) is 0 Å². The monoisotopic (exact) mass is 247 g/mol. The molecule has 0 unspecified atom stereocenters. The molecule has 1 N–H and O–H groups in total. The third-order valence-corrected chi connectivity index (χ3v) is 4.03. The molecule has 16 heavy (non-hydrogen) atoms. The lowest BCUT2D eigenvalue weighted by molar-refractivity contribution is 0.593. The minimum atomic E-state index is -2.80. The summed E-state index contributed by atoms with van der Waals surface area (Å²) in [5.41, 5.74) is 0. The van der Waals surface area contributed by atoms with Gasteiger partial charge in [0.2, 0.25) is 0 Å². The zero-order chi connectivity index (χ0) is 12.4. The maximum atomic E-state index is 11.4. The average Bonchev–Trinajstić information content (AvgIpc) is 2.15. The van der Waals surface area contributed by atoms with E-state index in [0.717, 1.165) is 13.0 Å². The maximum Gasteiger partial charge on any atom is 0.150 e. The van der Waals surface area contributed by atoms with Crippen molar-refractivity contribution in [2.75, 3.05) is 18.1 Å². The average molecular weight is 247 g/mol. The Bertz CT molecular complexity index is 281. The Kier molecular flexibility index (Phi) is 8.57. The van der Waals surface area contributed by atoms with Gasteiger partial charge in [-0.2, -0.15) is 0 Å². The molecule has 0 atom stereocenters. The first-order valence-electron chi connectivity index (χ1n) is 6.06. The van der Waals surface area contributed by atoms with Crippen molar-refractivity contribution in [2.24, 2.45) is 0 Å². The lowest BCUT2D eigenvalue weighted by Gasteiger charge is -2.04. The third-order valence-electron chi connectivity index (χ3n) is 2.14. The highest BCUT2D eigenvalue weighted by molar-refractivity contribution is 7.91. The number of allylic oxidation sites excluding steroid dienone is 1. The van der Waals surface area contributed by atoms with Gasteiger partial charge >= 0.3 is 0 Å². The van der Waals surface area contributed by atoms with Gasteiger partial charge in [0.1, 0.15) is 0 Å². The van der Waals surface area contributed by atoms with Gasteiger partial charge in [-0.05, 0) is 25.8 Å². The second-order valence-electron chi connectivity index (χ2n) is 4.31. The van der Waals surface area contributed by atoms with Crippen LogP contribution in [0.3, 0.4) is 0 Å². The fraction of sp³-hybridized carbons (Fsp3) is 0.833. The molecule has 3 nitrogen and oxygen atoms in total. The van der Waals surface area contributed by atoms with E-state index in [4.69, 9.17) is 0 Å². The standard InChI is InChI=1S/C12H25NO2S/c1-4-10-16(14,15)11-8-6-5-7-9-13-12(2)3/h5-6,12-13H,4,7-11H2,1-3H3/b6-5+. The Balaban J connectivity index is 3.54. The predicted molar refractivity (Wildman–Crippen MR) is 70.5 cm³/mol. The molecule has 0 aliphatic rings. The van der Waals surface area contributed by atoms with Crippen molar-refractivity contribution < 1.29 is 8.42 Å². The molecule has 0 amide bonds. The SMILES string of the molecule is CCCS(=O)(=O)CC/C=C/CCNC(C)C. The van der Waals surface area contributed by atoms with E-state index in [2.05, 4.69) is 25.2 Å². The van der Waals surface area contributed by atoms with Crippen LogP contribution in [-0.2, 0) is 9.84 Å². The summed E-state index contributed by atoms with van der Waals surface area (Å²) in [6, 6.07) is 0.512. The smallest absolute Gasteiger partial charge is 0.150 e. The van der Waals surface area contributed by atoms with Crippen LogP contribution in [0.1, 0.15) is 40.0 Å². The van der Waals surface area contributed by atoms with Crippen molar-refractivity contribution >= 4 is 9.84 Å². The summed E-state index contributed by atoms with van der Waals surface area (Å²) in [5.74, 6) is 0.602. The quantitative estimate of drug-likeness (QED) is 0.501. The summed E-state index contributed by atoms with van der Waals surface area (Å²) < 4.78 is 22.7. The molecule has 96 valence electrons. The summed E-state index contributed by atoms with van der Waals surface area (Å²) >= 11 is 0. The van der Waals surface area contributed by atoms with E-state index in [9.17, 15) is 8.42 Å². The van der Waals surface area contributed by atoms with Crippen LogP contribution in [-0.4, -0.2) is 32.5 Å². The van der Waals surface area contributed by atoms with Crippen LogP contribution in [0.5, 0.6) is 0 Å². The number of hydrogen-bond acceptors (Lipinski definition) is 3. The van der Waals surface area contributed by atoms with E-state index in [0.29, 0.717) is 24.6 Å². The molecule has 0 aromatic rings. The first kappa shape index (κ1) is 15.7. The molecule has 0 saturated carbocycles. The van der Waals surface area contributed by atoms with Gasteiger partial charge < -0.3 is 5.32 Å². The van der Waals surface area contributed by atoms with Crippen LogP contribution >= 0.6 is 0 Å². The van der Waals surface area contributed by atoms with Crippen molar-refractivity contribution in [1.29, 1.82) is 0 Å². The molecular formula is C12H25NO2S. The molecule has 0 spiro atoms. The normalized spacial score (nSPS) is 12.8. The second kappa shape index (κ2) is 8.76. The Morgan fingerprint density at radius 1 is 1.12 bits per heavy atom. The Morgan fingerprint density at radius 2 is 1.75 bits per heavy atom. The molecule has 0 bridgehead atoms. The van der Waals surface area contributed by atoms with Gasteiger partial charge in [0, 0.05) is 11.8 Å². The van der Waals surface area contributed by atoms with Crippen molar-refractivity contribution in [2.45, 2.75) is 46.1 Å². The summed E-state index contributed by atoms with van der Waals surface area (Å²) in [4.78, 5) is 0. The molecule has 0 radical (unpaired) electrons. The van der Waals surface area contributed by atoms with Crippen LogP contribution in [0.4, 0.5) is 0 Å². The Morgan fingerprint density at radius 3 is 2.31 bits per heavy atom. The summed E-state index contributed by atoms with van der Waals surface area (Å²) in [6.07, 6.45) is 6.34. The molecule has 0 saturated heterocycles. The molecular weight excluding hydrogens is 222 g/mol. The molecule has 0 aliphatic heterocycles. The van der Waals surface area contributed by atoms with E-state index >= 15 is 0 Å². The minimum absolute atomic E-state index is 0.287. The first-order valence-corrected chi connectivity index (χ1v) is 7.89. The van der Waals surface area contributed by atoms with Gasteiger partial charge in [-0.3, -0.25) is 0 Å². The molecule has 4 heteroatoms. The van der Waals surface area contributed by atoms with Gasteiger partial charge in [0.15, 0.2) is 9.84 Å². The maximum absolute atomic E-state index is 11.4. The lowest BCUT2D eigenvalue weighted by Crippen LogP contribution is -2.23. The molecule has 0 aromatic carbocycles.